The number of nitrogens with zero attached hydrogens (tertiary/aromatic N) is 1. The van der Waals surface area contributed by atoms with Crippen LogP contribution in [0.3, 0.4) is 0 Å². The van der Waals surface area contributed by atoms with Crippen LogP contribution in [0.15, 0.2) is 53.9 Å². The topological polar surface area (TPSA) is 30.0 Å². The summed E-state index contributed by atoms with van der Waals surface area (Å²) in [5.74, 6) is 0.447. The molecule has 1 atom stereocenters. The molecular weight excluding hydrogens is 326 g/mol. The van der Waals surface area contributed by atoms with Gasteiger partial charge in [-0.2, -0.15) is 0 Å². The molecule has 0 aliphatic heterocycles. The van der Waals surface area contributed by atoms with Crippen LogP contribution in [0.1, 0.15) is 33.3 Å². The van der Waals surface area contributed by atoms with Crippen molar-refractivity contribution in [2.45, 2.75) is 18.8 Å². The van der Waals surface area contributed by atoms with Gasteiger partial charge in [0.2, 0.25) is 0 Å². The number of hydrogen-bond donors (Lipinski definition) is 0. The number of rotatable bonds is 2. The van der Waals surface area contributed by atoms with Crippen LogP contribution in [-0.2, 0) is 6.42 Å². The highest BCUT2D eigenvalue weighted by Gasteiger charge is 2.28. The van der Waals surface area contributed by atoms with Gasteiger partial charge < -0.3 is 0 Å². The fourth-order valence-corrected chi connectivity index (χ4v) is 4.01. The molecule has 114 valence electrons. The van der Waals surface area contributed by atoms with E-state index < -0.39 is 0 Å². The van der Waals surface area contributed by atoms with Gasteiger partial charge in [-0.25, -0.2) is 0 Å². The number of pyridine rings is 1. The summed E-state index contributed by atoms with van der Waals surface area (Å²) in [7, 11) is 0. The predicted octanol–water partition coefficient (Wildman–Crippen LogP) is 5.38. The molecule has 0 bridgehead atoms. The van der Waals surface area contributed by atoms with Gasteiger partial charge in [0.05, 0.1) is 11.4 Å². The molecule has 2 heterocycles. The summed E-state index contributed by atoms with van der Waals surface area (Å²) < 4.78 is 0. The van der Waals surface area contributed by atoms with E-state index in [4.69, 9.17) is 16.6 Å². The highest BCUT2D eigenvalue weighted by Crippen LogP contribution is 2.35. The minimum atomic E-state index is 0.194. The Hall–Kier alpha value is -1.97. The molecule has 0 N–H and O–H groups in total. The number of fused-ring (bicyclic) bond motifs is 1. The quantitative estimate of drug-likeness (QED) is 0.627. The number of aromatic nitrogens is 1. The monoisotopic (exact) mass is 339 g/mol. The fourth-order valence-electron chi connectivity index (χ4n) is 3.06. The van der Waals surface area contributed by atoms with Crippen molar-refractivity contribution in [2.24, 2.45) is 0 Å². The van der Waals surface area contributed by atoms with Crippen LogP contribution in [0.5, 0.6) is 0 Å². The molecule has 4 rings (SSSR count). The van der Waals surface area contributed by atoms with E-state index in [1.165, 1.54) is 4.88 Å². The van der Waals surface area contributed by atoms with Gasteiger partial charge in [-0.05, 0) is 42.1 Å². The number of carbonyl (C=O) groups excluding carboxylic acids is 1. The molecule has 3 aromatic rings. The third-order valence-corrected chi connectivity index (χ3v) is 5.52. The first-order valence-corrected chi connectivity index (χ1v) is 8.79. The van der Waals surface area contributed by atoms with Gasteiger partial charge in [0.25, 0.3) is 0 Å². The van der Waals surface area contributed by atoms with E-state index in [2.05, 4.69) is 11.4 Å². The van der Waals surface area contributed by atoms with Crippen LogP contribution in [0.4, 0.5) is 0 Å². The van der Waals surface area contributed by atoms with E-state index in [9.17, 15) is 4.79 Å². The van der Waals surface area contributed by atoms with E-state index in [1.54, 1.807) is 11.3 Å². The Morgan fingerprint density at radius 1 is 1.04 bits per heavy atom. The Morgan fingerprint density at radius 2 is 1.87 bits per heavy atom. The lowest BCUT2D eigenvalue weighted by Gasteiger charge is -2.22. The maximum Gasteiger partial charge on any atom is 0.165 e. The van der Waals surface area contributed by atoms with E-state index in [-0.39, 0.29) is 11.7 Å². The van der Waals surface area contributed by atoms with Crippen molar-refractivity contribution in [1.29, 1.82) is 0 Å². The van der Waals surface area contributed by atoms with Crippen molar-refractivity contribution < 1.29 is 4.79 Å². The van der Waals surface area contributed by atoms with Gasteiger partial charge in [-0.15, -0.1) is 11.3 Å². The lowest BCUT2D eigenvalue weighted by Crippen LogP contribution is -2.19. The molecule has 0 saturated heterocycles. The average Bonchev–Trinajstić information content (AvgIpc) is 3.09. The van der Waals surface area contributed by atoms with E-state index in [0.29, 0.717) is 11.4 Å². The average molecular weight is 340 g/mol. The predicted molar refractivity (Wildman–Crippen MR) is 94.4 cm³/mol. The van der Waals surface area contributed by atoms with Gasteiger partial charge in [0.15, 0.2) is 5.78 Å². The molecule has 0 amide bonds. The normalized spacial score (nSPS) is 17.1. The summed E-state index contributed by atoms with van der Waals surface area (Å²) in [6.45, 7) is 0. The second kappa shape index (κ2) is 5.91. The van der Waals surface area contributed by atoms with Gasteiger partial charge in [0, 0.05) is 33.4 Å². The van der Waals surface area contributed by atoms with Crippen LogP contribution >= 0.6 is 22.9 Å². The minimum absolute atomic E-state index is 0.194. The number of carbonyl (C=O) groups is 1. The number of ketones is 1. The largest absolute Gasteiger partial charge is 0.294 e. The molecule has 23 heavy (non-hydrogen) atoms. The maximum atomic E-state index is 12.4. The number of Topliss-reactive ketones (excluding diaryl/α,β-unsaturated/α-hetero) is 1. The molecule has 0 unspecified atom stereocenters. The molecule has 4 heteroatoms. The first kappa shape index (κ1) is 14.6. The Morgan fingerprint density at radius 3 is 2.61 bits per heavy atom. The van der Waals surface area contributed by atoms with Gasteiger partial charge >= 0.3 is 0 Å². The first-order chi connectivity index (χ1) is 11.2. The summed E-state index contributed by atoms with van der Waals surface area (Å²) in [6.07, 6.45) is 1.40. The van der Waals surface area contributed by atoms with Crippen LogP contribution in [0, 0.1) is 0 Å². The summed E-state index contributed by atoms with van der Waals surface area (Å²) in [6, 6.07) is 15.6. The Kier molecular flexibility index (Phi) is 3.76. The highest BCUT2D eigenvalue weighted by molar-refractivity contribution is 7.10. The minimum Gasteiger partial charge on any atom is -0.294 e. The van der Waals surface area contributed by atoms with Crippen LogP contribution in [-0.4, -0.2) is 10.8 Å². The van der Waals surface area contributed by atoms with Crippen molar-refractivity contribution in [1.82, 2.24) is 4.98 Å². The van der Waals surface area contributed by atoms with Gasteiger partial charge in [-0.3, -0.25) is 9.78 Å². The molecule has 0 fully saturated rings. The number of hydrogen-bond acceptors (Lipinski definition) is 3. The van der Waals surface area contributed by atoms with Crippen LogP contribution in [0.2, 0.25) is 5.02 Å². The number of halogens is 1. The lowest BCUT2D eigenvalue weighted by atomic mass is 9.84. The summed E-state index contributed by atoms with van der Waals surface area (Å²) in [5, 5.41) is 2.77. The fraction of sp³-hybridized carbons (Fsp3) is 0.158. The second-order valence-electron chi connectivity index (χ2n) is 5.74. The van der Waals surface area contributed by atoms with Crippen molar-refractivity contribution in [3.8, 4) is 11.3 Å². The summed E-state index contributed by atoms with van der Waals surface area (Å²) >= 11 is 7.66. The third kappa shape index (κ3) is 2.82. The van der Waals surface area contributed by atoms with E-state index in [1.807, 2.05) is 42.5 Å². The Bertz CT molecular complexity index is 856. The highest BCUT2D eigenvalue weighted by atomic mass is 35.5. The molecule has 1 aliphatic rings. The molecule has 1 aromatic carbocycles. The molecule has 0 spiro atoms. The van der Waals surface area contributed by atoms with Crippen molar-refractivity contribution in [3.05, 3.63) is 75.1 Å². The van der Waals surface area contributed by atoms with E-state index >= 15 is 0 Å². The van der Waals surface area contributed by atoms with Gasteiger partial charge in [-0.1, -0.05) is 29.8 Å². The number of benzene rings is 1. The summed E-state index contributed by atoms with van der Waals surface area (Å²) in [5.41, 5.74) is 3.59. The van der Waals surface area contributed by atoms with Crippen molar-refractivity contribution in [3.63, 3.8) is 0 Å². The van der Waals surface area contributed by atoms with Crippen LogP contribution in [0.25, 0.3) is 11.3 Å². The van der Waals surface area contributed by atoms with Crippen molar-refractivity contribution >= 4 is 28.7 Å². The first-order valence-electron chi connectivity index (χ1n) is 7.53. The Labute approximate surface area is 143 Å². The summed E-state index contributed by atoms with van der Waals surface area (Å²) in [4.78, 5) is 18.5. The number of thiophene rings is 1. The smallest absolute Gasteiger partial charge is 0.165 e. The zero-order chi connectivity index (χ0) is 15.8. The SMILES string of the molecule is O=C1C[C@@H](c2cccs2)Cc2nc(-c3ccc(Cl)cc3)ccc21. The molecule has 2 aromatic heterocycles. The molecule has 2 nitrogen and oxygen atoms in total. The zero-order valence-electron chi connectivity index (χ0n) is 12.3. The molecule has 0 saturated carbocycles. The maximum absolute atomic E-state index is 12.4. The van der Waals surface area contributed by atoms with E-state index in [0.717, 1.165) is 28.9 Å². The standard InChI is InChI=1S/C19H14ClNOS/c20-14-5-3-12(4-6-14)16-8-7-15-17(21-16)10-13(11-18(15)22)19-2-1-9-23-19/h1-9,13H,10-11H2/t13-/m0/s1. The molecule has 1 aliphatic carbocycles. The van der Waals surface area contributed by atoms with Crippen molar-refractivity contribution in [2.75, 3.05) is 0 Å². The second-order valence-corrected chi connectivity index (χ2v) is 7.16. The van der Waals surface area contributed by atoms with Gasteiger partial charge in [0.1, 0.15) is 0 Å². The third-order valence-electron chi connectivity index (χ3n) is 4.23. The zero-order valence-corrected chi connectivity index (χ0v) is 13.9. The molecular formula is C19H14ClNOS. The molecule has 0 radical (unpaired) electrons. The Balaban J connectivity index is 1.72. The van der Waals surface area contributed by atoms with Crippen LogP contribution < -0.4 is 0 Å². The lowest BCUT2D eigenvalue weighted by molar-refractivity contribution is 0.0964.